The van der Waals surface area contributed by atoms with Crippen LogP contribution in [0.5, 0.6) is 11.5 Å². The van der Waals surface area contributed by atoms with Gasteiger partial charge in [-0.15, -0.1) is 0 Å². The molecule has 1 aliphatic rings. The summed E-state index contributed by atoms with van der Waals surface area (Å²) in [6, 6.07) is 8.65. The van der Waals surface area contributed by atoms with Gasteiger partial charge in [-0.25, -0.2) is 9.78 Å². The molecule has 1 aliphatic carbocycles. The zero-order valence-corrected chi connectivity index (χ0v) is 16.1. The molecule has 7 nitrogen and oxygen atoms in total. The standard InChI is InChI=1S/C22H20N2O5/c1-28-17-8-4-6-14(20(17)29-2)11-13-5-3-7-16-19(13)23-18-10-9-15(22(26)27)12-24(18)21(16)25/h4,6,8-12H,3,5,7H2,1-2H3,(H,26,27). The molecule has 0 saturated heterocycles. The SMILES string of the molecule is COc1cccc(C=C2CCCc3c2nc2ccc(C(=O)O)cn2c3=O)c1OC. The van der Waals surface area contributed by atoms with Crippen LogP contribution in [0, 0.1) is 0 Å². The van der Waals surface area contributed by atoms with Gasteiger partial charge in [0.05, 0.1) is 25.5 Å². The second kappa shape index (κ2) is 7.43. The molecule has 3 aromatic rings. The summed E-state index contributed by atoms with van der Waals surface area (Å²) in [4.78, 5) is 29.0. The van der Waals surface area contributed by atoms with Gasteiger partial charge in [-0.05, 0) is 49.1 Å². The number of hydrogen-bond acceptors (Lipinski definition) is 5. The van der Waals surface area contributed by atoms with Crippen molar-refractivity contribution in [1.29, 1.82) is 0 Å². The minimum absolute atomic E-state index is 0.0500. The number of pyridine rings is 1. The van der Waals surface area contributed by atoms with Crippen molar-refractivity contribution in [2.75, 3.05) is 14.2 Å². The fraction of sp³-hybridized carbons (Fsp3) is 0.227. The first-order valence-electron chi connectivity index (χ1n) is 9.24. The Morgan fingerprint density at radius 3 is 2.72 bits per heavy atom. The van der Waals surface area contributed by atoms with E-state index in [1.807, 2.05) is 24.3 Å². The molecule has 0 aliphatic heterocycles. The quantitative estimate of drug-likeness (QED) is 0.733. The van der Waals surface area contributed by atoms with Crippen molar-refractivity contribution < 1.29 is 19.4 Å². The number of nitrogens with zero attached hydrogens (tertiary/aromatic N) is 2. The number of carboxylic acid groups (broad SMARTS) is 1. The van der Waals surface area contributed by atoms with E-state index < -0.39 is 5.97 Å². The summed E-state index contributed by atoms with van der Waals surface area (Å²) >= 11 is 0. The normalized spacial score (nSPS) is 14.6. The van der Waals surface area contributed by atoms with E-state index in [2.05, 4.69) is 4.98 Å². The van der Waals surface area contributed by atoms with Crippen molar-refractivity contribution in [3.63, 3.8) is 0 Å². The maximum absolute atomic E-state index is 13.0. The Morgan fingerprint density at radius 1 is 1.17 bits per heavy atom. The van der Waals surface area contributed by atoms with Crippen LogP contribution in [0.3, 0.4) is 0 Å². The largest absolute Gasteiger partial charge is 0.493 e. The molecule has 0 bridgehead atoms. The minimum atomic E-state index is -1.08. The first kappa shape index (κ1) is 18.7. The Bertz CT molecular complexity index is 1210. The number of allylic oxidation sites excluding steroid dienone is 1. The molecule has 1 aromatic carbocycles. The molecule has 148 valence electrons. The van der Waals surface area contributed by atoms with Gasteiger partial charge in [-0.2, -0.15) is 0 Å². The monoisotopic (exact) mass is 392 g/mol. The van der Waals surface area contributed by atoms with Crippen LogP contribution >= 0.6 is 0 Å². The van der Waals surface area contributed by atoms with Crippen LogP contribution in [-0.2, 0) is 6.42 Å². The molecule has 0 fully saturated rings. The average Bonchev–Trinajstić information content (AvgIpc) is 2.74. The summed E-state index contributed by atoms with van der Waals surface area (Å²) < 4.78 is 12.2. The number of ether oxygens (including phenoxy) is 2. The van der Waals surface area contributed by atoms with E-state index in [0.717, 1.165) is 24.0 Å². The molecular weight excluding hydrogens is 372 g/mol. The van der Waals surface area contributed by atoms with E-state index in [9.17, 15) is 14.7 Å². The van der Waals surface area contributed by atoms with Crippen LogP contribution in [0.1, 0.15) is 40.0 Å². The molecular formula is C22H20N2O5. The number of rotatable bonds is 4. The first-order valence-corrected chi connectivity index (χ1v) is 9.24. The highest BCUT2D eigenvalue weighted by atomic mass is 16.5. The third kappa shape index (κ3) is 3.24. The second-order valence-corrected chi connectivity index (χ2v) is 6.80. The molecule has 4 rings (SSSR count). The Labute approximate surface area is 166 Å². The van der Waals surface area contributed by atoms with E-state index in [1.54, 1.807) is 20.3 Å². The molecule has 2 aromatic heterocycles. The average molecular weight is 392 g/mol. The van der Waals surface area contributed by atoms with E-state index in [-0.39, 0.29) is 11.1 Å². The lowest BCUT2D eigenvalue weighted by Crippen LogP contribution is -2.25. The molecule has 0 spiro atoms. The Balaban J connectivity index is 1.91. The maximum Gasteiger partial charge on any atom is 0.337 e. The fourth-order valence-corrected chi connectivity index (χ4v) is 3.72. The van der Waals surface area contributed by atoms with Crippen molar-refractivity contribution in [3.05, 3.63) is 69.3 Å². The predicted octanol–water partition coefficient (Wildman–Crippen LogP) is 3.29. The topological polar surface area (TPSA) is 90.1 Å². The van der Waals surface area contributed by atoms with Gasteiger partial charge < -0.3 is 14.6 Å². The van der Waals surface area contributed by atoms with Crippen LogP contribution < -0.4 is 15.0 Å². The molecule has 0 amide bonds. The number of benzene rings is 1. The Kier molecular flexibility index (Phi) is 4.80. The lowest BCUT2D eigenvalue weighted by Gasteiger charge is -2.19. The third-order valence-electron chi connectivity index (χ3n) is 5.10. The Morgan fingerprint density at radius 2 is 2.00 bits per heavy atom. The summed E-state index contributed by atoms with van der Waals surface area (Å²) in [6.07, 6.45) is 5.51. The smallest absolute Gasteiger partial charge is 0.337 e. The zero-order valence-electron chi connectivity index (χ0n) is 16.1. The highest BCUT2D eigenvalue weighted by Gasteiger charge is 2.22. The summed E-state index contributed by atoms with van der Waals surface area (Å²) in [6.45, 7) is 0. The van der Waals surface area contributed by atoms with Gasteiger partial charge in [-0.1, -0.05) is 12.1 Å². The maximum atomic E-state index is 13.0. The molecule has 7 heteroatoms. The van der Waals surface area contributed by atoms with Crippen molar-refractivity contribution in [3.8, 4) is 11.5 Å². The minimum Gasteiger partial charge on any atom is -0.493 e. The predicted molar refractivity (Wildman–Crippen MR) is 109 cm³/mol. The third-order valence-corrected chi connectivity index (χ3v) is 5.10. The van der Waals surface area contributed by atoms with Crippen molar-refractivity contribution in [2.45, 2.75) is 19.3 Å². The number of para-hydroxylation sites is 1. The van der Waals surface area contributed by atoms with Crippen LogP contribution in [0.25, 0.3) is 17.3 Å². The molecule has 0 saturated carbocycles. The van der Waals surface area contributed by atoms with Gasteiger partial charge in [0.1, 0.15) is 5.65 Å². The Hall–Kier alpha value is -3.61. The molecule has 29 heavy (non-hydrogen) atoms. The molecule has 2 heterocycles. The number of aromatic carboxylic acids is 1. The van der Waals surface area contributed by atoms with Crippen molar-refractivity contribution in [1.82, 2.24) is 9.38 Å². The van der Waals surface area contributed by atoms with Crippen molar-refractivity contribution >= 4 is 23.3 Å². The second-order valence-electron chi connectivity index (χ2n) is 6.80. The van der Waals surface area contributed by atoms with Crippen LogP contribution in [0.2, 0.25) is 0 Å². The molecule has 0 radical (unpaired) electrons. The number of carbonyl (C=O) groups is 1. The highest BCUT2D eigenvalue weighted by molar-refractivity contribution is 5.88. The summed E-state index contributed by atoms with van der Waals surface area (Å²) in [5, 5.41) is 9.20. The van der Waals surface area contributed by atoms with Gasteiger partial charge in [-0.3, -0.25) is 9.20 Å². The van der Waals surface area contributed by atoms with Gasteiger partial charge in [0.25, 0.3) is 5.56 Å². The number of carboxylic acids is 1. The fourth-order valence-electron chi connectivity index (χ4n) is 3.72. The number of methoxy groups -OCH3 is 2. The molecule has 1 N–H and O–H groups in total. The van der Waals surface area contributed by atoms with E-state index in [1.165, 1.54) is 16.7 Å². The van der Waals surface area contributed by atoms with Gasteiger partial charge >= 0.3 is 5.97 Å². The van der Waals surface area contributed by atoms with Gasteiger partial charge in [0.2, 0.25) is 0 Å². The summed E-state index contributed by atoms with van der Waals surface area (Å²) in [7, 11) is 3.18. The molecule has 0 unspecified atom stereocenters. The summed E-state index contributed by atoms with van der Waals surface area (Å²) in [5.41, 5.74) is 3.30. The van der Waals surface area contributed by atoms with Crippen LogP contribution in [-0.4, -0.2) is 34.7 Å². The van der Waals surface area contributed by atoms with E-state index in [4.69, 9.17) is 9.47 Å². The van der Waals surface area contributed by atoms with E-state index in [0.29, 0.717) is 34.8 Å². The lowest BCUT2D eigenvalue weighted by molar-refractivity contribution is 0.0696. The van der Waals surface area contributed by atoms with Gasteiger partial charge in [0.15, 0.2) is 11.5 Å². The highest BCUT2D eigenvalue weighted by Crippen LogP contribution is 2.36. The lowest BCUT2D eigenvalue weighted by atomic mass is 9.90. The number of aromatic nitrogens is 2. The number of hydrogen-bond donors (Lipinski definition) is 1. The van der Waals surface area contributed by atoms with Crippen LogP contribution in [0.15, 0.2) is 41.3 Å². The van der Waals surface area contributed by atoms with E-state index >= 15 is 0 Å². The van der Waals surface area contributed by atoms with Crippen molar-refractivity contribution in [2.24, 2.45) is 0 Å². The van der Waals surface area contributed by atoms with Gasteiger partial charge in [0, 0.05) is 17.3 Å². The molecule has 0 atom stereocenters. The van der Waals surface area contributed by atoms with Crippen LogP contribution in [0.4, 0.5) is 0 Å². The number of fused-ring (bicyclic) bond motifs is 2. The zero-order chi connectivity index (χ0) is 20.5. The first-order chi connectivity index (χ1) is 14.0. The summed E-state index contributed by atoms with van der Waals surface area (Å²) in [5.74, 6) is 0.172.